The van der Waals surface area contributed by atoms with Crippen molar-refractivity contribution < 1.29 is 4.74 Å². The molecule has 3 heteroatoms. The van der Waals surface area contributed by atoms with Crippen LogP contribution in [0.3, 0.4) is 0 Å². The molecule has 0 aliphatic rings. The number of ether oxygens (including phenoxy) is 1. The van der Waals surface area contributed by atoms with Gasteiger partial charge < -0.3 is 10.1 Å². The van der Waals surface area contributed by atoms with E-state index in [-0.39, 0.29) is 0 Å². The van der Waals surface area contributed by atoms with Crippen molar-refractivity contribution in [3.05, 3.63) is 24.0 Å². The van der Waals surface area contributed by atoms with Crippen LogP contribution in [0.5, 0.6) is 5.75 Å². The van der Waals surface area contributed by atoms with Gasteiger partial charge in [0.2, 0.25) is 0 Å². The second-order valence-corrected chi connectivity index (χ2v) is 3.94. The van der Waals surface area contributed by atoms with E-state index in [1.54, 1.807) is 6.20 Å². The van der Waals surface area contributed by atoms with Crippen molar-refractivity contribution >= 4 is 0 Å². The van der Waals surface area contributed by atoms with Crippen LogP contribution in [0.1, 0.15) is 31.9 Å². The summed E-state index contributed by atoms with van der Waals surface area (Å²) in [6.45, 7) is 7.13. The summed E-state index contributed by atoms with van der Waals surface area (Å²) >= 11 is 0. The molecule has 0 atom stereocenters. The zero-order valence-electron chi connectivity index (χ0n) is 10.3. The van der Waals surface area contributed by atoms with Gasteiger partial charge in [0.1, 0.15) is 5.75 Å². The van der Waals surface area contributed by atoms with Gasteiger partial charge in [-0.2, -0.15) is 0 Å². The van der Waals surface area contributed by atoms with Crippen LogP contribution in [0, 0.1) is 6.92 Å². The molecule has 0 aromatic carbocycles. The first-order chi connectivity index (χ1) is 7.83. The maximum Gasteiger partial charge on any atom is 0.137 e. The molecule has 0 radical (unpaired) electrons. The SMILES string of the molecule is CCCNCCCCOc1ccc(C)nc1. The third-order valence-electron chi connectivity index (χ3n) is 2.33. The third-order valence-corrected chi connectivity index (χ3v) is 2.33. The molecule has 0 aliphatic carbocycles. The van der Waals surface area contributed by atoms with Gasteiger partial charge in [-0.25, -0.2) is 0 Å². The second kappa shape index (κ2) is 8.11. The lowest BCUT2D eigenvalue weighted by atomic mass is 10.3. The highest BCUT2D eigenvalue weighted by molar-refractivity contribution is 5.18. The lowest BCUT2D eigenvalue weighted by Crippen LogP contribution is -2.16. The van der Waals surface area contributed by atoms with E-state index in [9.17, 15) is 0 Å². The molecule has 0 saturated carbocycles. The number of hydrogen-bond acceptors (Lipinski definition) is 3. The lowest BCUT2D eigenvalue weighted by molar-refractivity contribution is 0.304. The van der Waals surface area contributed by atoms with E-state index in [1.165, 1.54) is 12.8 Å². The average Bonchev–Trinajstić information content (AvgIpc) is 2.30. The molecule has 1 aromatic rings. The van der Waals surface area contributed by atoms with Crippen LogP contribution < -0.4 is 10.1 Å². The summed E-state index contributed by atoms with van der Waals surface area (Å²) in [5.74, 6) is 0.868. The molecule has 0 saturated heterocycles. The first kappa shape index (κ1) is 13.0. The van der Waals surface area contributed by atoms with Crippen LogP contribution in [-0.2, 0) is 0 Å². The van der Waals surface area contributed by atoms with Crippen LogP contribution in [0.4, 0.5) is 0 Å². The highest BCUT2D eigenvalue weighted by Crippen LogP contribution is 2.08. The van der Waals surface area contributed by atoms with Crippen molar-refractivity contribution in [2.24, 2.45) is 0 Å². The Morgan fingerprint density at radius 1 is 1.25 bits per heavy atom. The van der Waals surface area contributed by atoms with Crippen molar-refractivity contribution in [3.63, 3.8) is 0 Å². The van der Waals surface area contributed by atoms with Crippen LogP contribution in [0.2, 0.25) is 0 Å². The number of nitrogens with one attached hydrogen (secondary N) is 1. The van der Waals surface area contributed by atoms with Gasteiger partial charge in [-0.15, -0.1) is 0 Å². The van der Waals surface area contributed by atoms with E-state index in [4.69, 9.17) is 4.74 Å². The van der Waals surface area contributed by atoms with Crippen LogP contribution in [0.15, 0.2) is 18.3 Å². The number of rotatable bonds is 8. The van der Waals surface area contributed by atoms with E-state index in [1.807, 2.05) is 19.1 Å². The van der Waals surface area contributed by atoms with Gasteiger partial charge in [0.25, 0.3) is 0 Å². The Kier molecular flexibility index (Phi) is 6.58. The van der Waals surface area contributed by atoms with Gasteiger partial charge in [0, 0.05) is 5.69 Å². The van der Waals surface area contributed by atoms with Gasteiger partial charge in [-0.3, -0.25) is 4.98 Å². The van der Waals surface area contributed by atoms with Crippen molar-refractivity contribution in [1.82, 2.24) is 10.3 Å². The molecular formula is C13H22N2O. The molecule has 0 fully saturated rings. The van der Waals surface area contributed by atoms with Gasteiger partial charge in [0.15, 0.2) is 0 Å². The summed E-state index contributed by atoms with van der Waals surface area (Å²) in [4.78, 5) is 4.18. The molecule has 1 heterocycles. The number of nitrogens with zero attached hydrogens (tertiary/aromatic N) is 1. The number of hydrogen-bond donors (Lipinski definition) is 1. The summed E-state index contributed by atoms with van der Waals surface area (Å²) < 4.78 is 5.58. The fourth-order valence-corrected chi connectivity index (χ4v) is 1.38. The lowest BCUT2D eigenvalue weighted by Gasteiger charge is -2.06. The quantitative estimate of drug-likeness (QED) is 0.686. The standard InChI is InChI=1S/C13H22N2O/c1-3-8-14-9-4-5-10-16-13-7-6-12(2)15-11-13/h6-7,11,14H,3-5,8-10H2,1-2H3. The first-order valence-electron chi connectivity index (χ1n) is 6.09. The van der Waals surface area contributed by atoms with E-state index in [0.29, 0.717) is 0 Å². The molecular weight excluding hydrogens is 200 g/mol. The summed E-state index contributed by atoms with van der Waals surface area (Å²) in [5.41, 5.74) is 1.02. The number of aromatic nitrogens is 1. The second-order valence-electron chi connectivity index (χ2n) is 3.94. The Bertz CT molecular complexity index is 272. The Morgan fingerprint density at radius 3 is 2.81 bits per heavy atom. The molecule has 0 amide bonds. The molecule has 0 unspecified atom stereocenters. The summed E-state index contributed by atoms with van der Waals surface area (Å²) in [7, 11) is 0. The van der Waals surface area contributed by atoms with Gasteiger partial charge in [-0.1, -0.05) is 6.92 Å². The monoisotopic (exact) mass is 222 g/mol. The molecule has 90 valence electrons. The van der Waals surface area contributed by atoms with Gasteiger partial charge >= 0.3 is 0 Å². The molecule has 3 nitrogen and oxygen atoms in total. The van der Waals surface area contributed by atoms with Crippen LogP contribution in [-0.4, -0.2) is 24.7 Å². The van der Waals surface area contributed by atoms with Crippen molar-refractivity contribution in [2.45, 2.75) is 33.1 Å². The number of pyridine rings is 1. The Labute approximate surface area is 98.2 Å². The highest BCUT2D eigenvalue weighted by Gasteiger charge is 1.94. The average molecular weight is 222 g/mol. The minimum Gasteiger partial charge on any atom is -0.492 e. The number of unbranched alkanes of at least 4 members (excludes halogenated alkanes) is 1. The normalized spacial score (nSPS) is 10.4. The molecule has 0 bridgehead atoms. The summed E-state index contributed by atoms with van der Waals surface area (Å²) in [6, 6.07) is 3.94. The highest BCUT2D eigenvalue weighted by atomic mass is 16.5. The predicted octanol–water partition coefficient (Wildman–Crippen LogP) is 2.55. The molecule has 1 aromatic heterocycles. The predicted molar refractivity (Wildman–Crippen MR) is 66.9 cm³/mol. The maximum absolute atomic E-state index is 5.58. The van der Waals surface area contributed by atoms with Crippen LogP contribution >= 0.6 is 0 Å². The Hall–Kier alpha value is -1.09. The van der Waals surface area contributed by atoms with E-state index in [2.05, 4.69) is 17.2 Å². The zero-order valence-corrected chi connectivity index (χ0v) is 10.3. The third kappa shape index (κ3) is 5.71. The van der Waals surface area contributed by atoms with Crippen molar-refractivity contribution in [3.8, 4) is 5.75 Å². The van der Waals surface area contributed by atoms with E-state index in [0.717, 1.165) is 37.6 Å². The zero-order chi connectivity index (χ0) is 11.6. The Balaban J connectivity index is 2.01. The smallest absolute Gasteiger partial charge is 0.137 e. The van der Waals surface area contributed by atoms with Crippen LogP contribution in [0.25, 0.3) is 0 Å². The Morgan fingerprint density at radius 2 is 2.12 bits per heavy atom. The number of aryl methyl sites for hydroxylation is 1. The molecule has 1 N–H and O–H groups in total. The molecule has 16 heavy (non-hydrogen) atoms. The minimum absolute atomic E-state index is 0.776. The topological polar surface area (TPSA) is 34.1 Å². The summed E-state index contributed by atoms with van der Waals surface area (Å²) in [5, 5.41) is 3.37. The molecule has 0 aliphatic heterocycles. The van der Waals surface area contributed by atoms with Crippen molar-refractivity contribution in [2.75, 3.05) is 19.7 Å². The minimum atomic E-state index is 0.776. The summed E-state index contributed by atoms with van der Waals surface area (Å²) in [6.07, 6.45) is 5.24. The fourth-order valence-electron chi connectivity index (χ4n) is 1.38. The maximum atomic E-state index is 5.58. The largest absolute Gasteiger partial charge is 0.492 e. The van der Waals surface area contributed by atoms with Gasteiger partial charge in [-0.05, 0) is 51.4 Å². The van der Waals surface area contributed by atoms with E-state index >= 15 is 0 Å². The fraction of sp³-hybridized carbons (Fsp3) is 0.615. The van der Waals surface area contributed by atoms with Crippen molar-refractivity contribution in [1.29, 1.82) is 0 Å². The molecule has 0 spiro atoms. The van der Waals surface area contributed by atoms with E-state index < -0.39 is 0 Å². The first-order valence-corrected chi connectivity index (χ1v) is 6.09. The van der Waals surface area contributed by atoms with Gasteiger partial charge in [0.05, 0.1) is 12.8 Å². The molecule has 1 rings (SSSR count).